The lowest BCUT2D eigenvalue weighted by atomic mass is 9.90. The molecule has 96 heavy (non-hydrogen) atoms. The number of nitrogens with one attached hydrogen (secondary N) is 4. The Bertz CT molecular complexity index is 4260. The number of fused-ring (bicyclic) bond motifs is 2. The molecule has 1 saturated heterocycles. The maximum atomic E-state index is 14.2. The van der Waals surface area contributed by atoms with Crippen molar-refractivity contribution >= 4 is 117 Å². The number of nitrogen functional groups attached to an aromatic ring is 2. The van der Waals surface area contributed by atoms with Gasteiger partial charge in [0.15, 0.2) is 21.1 Å². The number of rotatable bonds is 32. The van der Waals surface area contributed by atoms with E-state index in [0.29, 0.717) is 5.75 Å². The average molecular weight is 1470 g/mol. The maximum Gasteiger partial charge on any atom is 0.469 e. The van der Waals surface area contributed by atoms with Crippen molar-refractivity contribution in [1.82, 2.24) is 30.4 Å². The Hall–Kier alpha value is -6.76. The topological polar surface area (TPSA) is 453 Å². The van der Waals surface area contributed by atoms with Gasteiger partial charge in [-0.25, -0.2) is 9.36 Å². The van der Waals surface area contributed by atoms with Crippen LogP contribution in [0.2, 0.25) is 0 Å². The highest BCUT2D eigenvalue weighted by Crippen LogP contribution is 2.46. The van der Waals surface area contributed by atoms with Crippen LogP contribution in [0.4, 0.5) is 11.5 Å². The molecular formula is C59H72N9O21PS6. The summed E-state index contributed by atoms with van der Waals surface area (Å²) in [6, 6.07) is 17.5. The zero-order valence-corrected chi connectivity index (χ0v) is 58.3. The van der Waals surface area contributed by atoms with Crippen LogP contribution in [0.3, 0.4) is 0 Å². The van der Waals surface area contributed by atoms with E-state index in [1.807, 2.05) is 27.0 Å². The molecule has 3 aromatic carbocycles. The van der Waals surface area contributed by atoms with Crippen LogP contribution in [-0.2, 0) is 57.9 Å². The lowest BCUT2D eigenvalue weighted by molar-refractivity contribution is -0.126. The Morgan fingerprint density at radius 1 is 0.938 bits per heavy atom. The first-order valence-electron chi connectivity index (χ1n) is 29.1. The Morgan fingerprint density at radius 3 is 2.38 bits per heavy atom. The summed E-state index contributed by atoms with van der Waals surface area (Å²) < 4.78 is 124. The van der Waals surface area contributed by atoms with Gasteiger partial charge < -0.3 is 70.2 Å². The molecule has 37 heteroatoms. The first kappa shape index (κ1) is 76.6. The lowest BCUT2D eigenvalue weighted by Crippen LogP contribution is -2.35. The molecule has 3 heterocycles. The normalized spacial score (nSPS) is 15.8. The van der Waals surface area contributed by atoms with E-state index in [1.54, 1.807) is 54.1 Å². The van der Waals surface area contributed by atoms with E-state index in [0.717, 1.165) is 10.6 Å². The highest BCUT2D eigenvalue weighted by Gasteiger charge is 2.40. The highest BCUT2D eigenvalue weighted by atomic mass is 33.1. The minimum atomic E-state index is -5.18. The fourth-order valence-electron chi connectivity index (χ4n) is 9.49. The van der Waals surface area contributed by atoms with Crippen LogP contribution in [0.5, 0.6) is 5.75 Å². The van der Waals surface area contributed by atoms with Gasteiger partial charge in [0.25, 0.3) is 32.1 Å². The van der Waals surface area contributed by atoms with Crippen LogP contribution in [-0.4, -0.2) is 174 Å². The first-order valence-corrected chi connectivity index (χ1v) is 38.3. The number of phosphoric ester groups is 1. The SMILES string of the molecule is CSS[C@@H](C)OC1C[C@H](n2cc(C#CCNC(=O)COCCOC(COc3cccc(C(=O)NCCNC(=O)CCCN(C)C(=O)c4ccccc4-c4c5ccc(=N)c(S(=O)(=O)O)c-5oc5c(S(=O)(=O)O)c(N)ccc45)c3)SSC(C)(C)C)c(N)nc2=O)O[C@@H]1COP(=O)(O)O. The summed E-state index contributed by atoms with van der Waals surface area (Å²) in [4.78, 5) is 87.8. The standard InChI is InChI=1S/C59H72N9O21PS6/c1-34(92-91-6)87-44-29-48(88-45(44)31-86-90(74,75)76)68-30-36(55(62)66-58(68)73)13-10-22-63-47(70)32-83-26-27-84-49(93-94-59(2,3)4)33-85-37-14-9-12-35(28-37)56(71)65-24-23-64-46(69)17-11-25-67(5)57(72)39-16-8-7-15-38(39)50-40-18-20-42(60)53(95(77,78)79)51(40)89-52-41(50)19-21-43(61)54(52)96(80,81)82/h7-9,12,14-16,18-21,28,30,34,44-45,48-49,60H,11,17,22-27,29,31-33,61H2,1-6H3,(H,63,70)(H,64,69)(H,65,71)(H2,62,66,73)(H2,74,75,76)(H,77,78,79)(H,80,81,82)/t34-,44?,45+,48+,49?/m0/s1. The van der Waals surface area contributed by atoms with Crippen molar-refractivity contribution in [3.63, 3.8) is 0 Å². The molecule has 0 radical (unpaired) electrons. The lowest BCUT2D eigenvalue weighted by Gasteiger charge is -2.22. The molecule has 4 amide bonds. The predicted octanol–water partition coefficient (Wildman–Crippen LogP) is 5.52. The molecule has 7 rings (SSSR count). The predicted molar refractivity (Wildman–Crippen MR) is 362 cm³/mol. The molecule has 1 aliphatic carbocycles. The van der Waals surface area contributed by atoms with Crippen molar-refractivity contribution in [3.05, 3.63) is 112 Å². The third-order valence-corrected chi connectivity index (χ3v) is 21.5. The van der Waals surface area contributed by atoms with E-state index in [1.165, 1.54) is 80.9 Å². The van der Waals surface area contributed by atoms with E-state index in [2.05, 4.69) is 37.3 Å². The molecule has 1 aromatic heterocycles. The Kier molecular flexibility index (Phi) is 27.2. The molecule has 0 bridgehead atoms. The van der Waals surface area contributed by atoms with E-state index in [-0.39, 0.29) is 133 Å². The van der Waals surface area contributed by atoms with E-state index >= 15 is 0 Å². The van der Waals surface area contributed by atoms with Gasteiger partial charge in [-0.05, 0) is 73.7 Å². The van der Waals surface area contributed by atoms with Gasteiger partial charge in [-0.2, -0.15) is 21.8 Å². The largest absolute Gasteiger partial charge is 0.490 e. The summed E-state index contributed by atoms with van der Waals surface area (Å²) in [6.07, 6.45) is 0.913. The molecular weight excluding hydrogens is 1390 g/mol. The van der Waals surface area contributed by atoms with Gasteiger partial charge in [0.1, 0.15) is 48.0 Å². The van der Waals surface area contributed by atoms with Crippen molar-refractivity contribution in [1.29, 1.82) is 5.41 Å². The van der Waals surface area contributed by atoms with Crippen molar-refractivity contribution in [2.24, 2.45) is 0 Å². The number of carbonyl (C=O) groups excluding carboxylic acids is 4. The van der Waals surface area contributed by atoms with Crippen LogP contribution < -0.4 is 43.2 Å². The van der Waals surface area contributed by atoms with Gasteiger partial charge in [0, 0.05) is 78.1 Å². The van der Waals surface area contributed by atoms with Gasteiger partial charge in [0.2, 0.25) is 11.8 Å². The van der Waals surface area contributed by atoms with Gasteiger partial charge in [-0.1, -0.05) is 100 Å². The number of ether oxygens (including phenoxy) is 5. The second-order valence-corrected chi connectivity index (χ2v) is 31.9. The third-order valence-electron chi connectivity index (χ3n) is 13.6. The molecule has 30 nitrogen and oxygen atoms in total. The molecule has 5 atom stereocenters. The Balaban J connectivity index is 0.843. The number of benzene rings is 4. The molecule has 520 valence electrons. The minimum absolute atomic E-state index is 0.0145. The van der Waals surface area contributed by atoms with Crippen molar-refractivity contribution in [3.8, 4) is 40.0 Å². The highest BCUT2D eigenvalue weighted by molar-refractivity contribution is 8.77. The maximum absolute atomic E-state index is 14.2. The number of amides is 4. The van der Waals surface area contributed by atoms with E-state index in [4.69, 9.17) is 45.0 Å². The van der Waals surface area contributed by atoms with Crippen LogP contribution in [0.1, 0.15) is 79.5 Å². The number of anilines is 2. The van der Waals surface area contributed by atoms with Gasteiger partial charge in [-0.15, -0.1) is 0 Å². The number of aromatic nitrogens is 2. The molecule has 12 N–H and O–H groups in total. The molecule has 4 aromatic rings. The van der Waals surface area contributed by atoms with Crippen LogP contribution in [0.25, 0.3) is 33.4 Å². The summed E-state index contributed by atoms with van der Waals surface area (Å²) in [6.45, 7) is 7.38. The number of phosphoric acid groups is 1. The van der Waals surface area contributed by atoms with Crippen LogP contribution >= 0.6 is 51.0 Å². The molecule has 1 fully saturated rings. The summed E-state index contributed by atoms with van der Waals surface area (Å²) in [5.74, 6) is 3.27. The van der Waals surface area contributed by atoms with Gasteiger partial charge >= 0.3 is 13.5 Å². The fourth-order valence-corrected chi connectivity index (χ4v) is 14.9. The number of nitrogens with zero attached hydrogens (tertiary/aromatic N) is 3. The zero-order valence-electron chi connectivity index (χ0n) is 52.5. The number of hydrogen-bond acceptors (Lipinski definition) is 25. The molecule has 0 spiro atoms. The summed E-state index contributed by atoms with van der Waals surface area (Å²) in [5.41, 5.74) is 9.95. The second kappa shape index (κ2) is 34.1. The fraction of sp³-hybridized carbons (Fsp3) is 0.407. The van der Waals surface area contributed by atoms with Crippen LogP contribution in [0, 0.1) is 17.3 Å². The van der Waals surface area contributed by atoms with Crippen molar-refractivity contribution in [2.45, 2.75) is 90.8 Å². The van der Waals surface area contributed by atoms with Gasteiger partial charge in [0.05, 0.1) is 49.1 Å². The molecule has 2 unspecified atom stereocenters. The summed E-state index contributed by atoms with van der Waals surface area (Å²) in [5, 5.41) is 15.7. The zero-order chi connectivity index (χ0) is 70.3. The third kappa shape index (κ3) is 21.9. The first-order chi connectivity index (χ1) is 45.2. The van der Waals surface area contributed by atoms with Crippen molar-refractivity contribution < 1.29 is 92.1 Å². The van der Waals surface area contributed by atoms with Crippen LogP contribution in [0.15, 0.2) is 98.0 Å². The number of hydrogen-bond donors (Lipinski definition) is 10. The molecule has 2 aliphatic heterocycles. The monoisotopic (exact) mass is 1470 g/mol. The molecule has 0 saturated carbocycles. The van der Waals surface area contributed by atoms with Gasteiger partial charge in [-0.3, -0.25) is 42.8 Å². The van der Waals surface area contributed by atoms with E-state index in [9.17, 15) is 64.3 Å². The average Bonchev–Trinajstić information content (AvgIpc) is 0.832. The number of nitrogens with two attached hydrogens (primary N) is 2. The van der Waals surface area contributed by atoms with E-state index < -0.39 is 114 Å². The van der Waals surface area contributed by atoms with Crippen molar-refractivity contribution in [2.75, 3.05) is 84.0 Å². The minimum Gasteiger partial charge on any atom is -0.490 e. The Morgan fingerprint density at radius 2 is 1.67 bits per heavy atom. The second-order valence-electron chi connectivity index (χ2n) is 22.0. The molecule has 3 aliphatic rings. The summed E-state index contributed by atoms with van der Waals surface area (Å²) in [7, 11) is -7.78. The smallest absolute Gasteiger partial charge is 0.469 e. The quantitative estimate of drug-likeness (QED) is 0.00363. The summed E-state index contributed by atoms with van der Waals surface area (Å²) >= 11 is 0. The Labute approximate surface area is 568 Å². The number of carbonyl (C=O) groups is 4.